The largest absolute Gasteiger partial charge is 0.435 e. The fraction of sp³-hybridized carbons (Fsp3) is 0.444. The smallest absolute Gasteiger partial charge is 0.275 e. The van der Waals surface area contributed by atoms with Crippen molar-refractivity contribution in [1.29, 1.82) is 0 Å². The average Bonchev–Trinajstić information content (AvgIpc) is 2.45. The van der Waals surface area contributed by atoms with Gasteiger partial charge in [0.1, 0.15) is 0 Å². The van der Waals surface area contributed by atoms with Crippen LogP contribution in [-0.2, 0) is 13.2 Å². The summed E-state index contributed by atoms with van der Waals surface area (Å²) in [5.41, 5.74) is -0.854. The van der Waals surface area contributed by atoms with Crippen LogP contribution >= 0.6 is 0 Å². The minimum atomic E-state index is -4.44. The maximum Gasteiger partial charge on any atom is 0.435 e. The zero-order chi connectivity index (χ0) is 10.9. The highest BCUT2D eigenvalue weighted by Crippen LogP contribution is 2.33. The lowest BCUT2D eigenvalue weighted by Gasteiger charge is -2.07. The summed E-state index contributed by atoms with van der Waals surface area (Å²) in [7, 11) is 1.43. The molecule has 0 aromatic carbocycles. The second-order valence-electron chi connectivity index (χ2n) is 2.99. The van der Waals surface area contributed by atoms with Crippen LogP contribution < -0.4 is 0 Å². The lowest BCUT2D eigenvalue weighted by molar-refractivity contribution is -0.142. The molecule has 0 bridgehead atoms. The van der Waals surface area contributed by atoms with Gasteiger partial charge in [0, 0.05) is 24.7 Å². The molecule has 76 valence electrons. The molecule has 1 atom stereocenters. The highest BCUT2D eigenvalue weighted by molar-refractivity contribution is 5.29. The van der Waals surface area contributed by atoms with Gasteiger partial charge in [-0.1, -0.05) is 5.92 Å². The predicted molar refractivity (Wildman–Crippen MR) is 45.5 cm³/mol. The van der Waals surface area contributed by atoms with Crippen LogP contribution in [0.3, 0.4) is 0 Å². The minimum absolute atomic E-state index is 0.0440. The van der Waals surface area contributed by atoms with Crippen LogP contribution in [0.2, 0.25) is 0 Å². The molecule has 0 aliphatic carbocycles. The van der Waals surface area contributed by atoms with E-state index in [9.17, 15) is 13.2 Å². The Morgan fingerprint density at radius 2 is 2.14 bits per heavy atom. The second-order valence-corrected chi connectivity index (χ2v) is 2.99. The second kappa shape index (κ2) is 3.37. The molecule has 1 unspecified atom stereocenters. The zero-order valence-corrected chi connectivity index (χ0v) is 7.76. The Morgan fingerprint density at radius 1 is 1.57 bits per heavy atom. The summed E-state index contributed by atoms with van der Waals surface area (Å²) >= 11 is 0. The Kier molecular flexibility index (Phi) is 2.56. The summed E-state index contributed by atoms with van der Waals surface area (Å²) in [4.78, 5) is 0. The van der Waals surface area contributed by atoms with Gasteiger partial charge in [-0.3, -0.25) is 4.68 Å². The molecule has 1 rings (SSSR count). The van der Waals surface area contributed by atoms with E-state index in [1.807, 2.05) is 0 Å². The van der Waals surface area contributed by atoms with Crippen molar-refractivity contribution >= 4 is 0 Å². The summed E-state index contributed by atoms with van der Waals surface area (Å²) in [6, 6.07) is 0. The number of aryl methyl sites for hydroxylation is 1. The Hall–Kier alpha value is -1.44. The fourth-order valence-electron chi connectivity index (χ4n) is 1.13. The van der Waals surface area contributed by atoms with E-state index in [1.165, 1.54) is 20.2 Å². The molecule has 2 nitrogen and oxygen atoms in total. The van der Waals surface area contributed by atoms with Crippen LogP contribution in [0.1, 0.15) is 24.1 Å². The first-order chi connectivity index (χ1) is 6.36. The van der Waals surface area contributed by atoms with Crippen molar-refractivity contribution in [2.24, 2.45) is 7.05 Å². The van der Waals surface area contributed by atoms with Crippen LogP contribution in [0.25, 0.3) is 0 Å². The van der Waals surface area contributed by atoms with E-state index in [1.54, 1.807) is 0 Å². The van der Waals surface area contributed by atoms with Crippen LogP contribution in [0.5, 0.6) is 0 Å². The first-order valence-electron chi connectivity index (χ1n) is 3.93. The van der Waals surface area contributed by atoms with E-state index >= 15 is 0 Å². The first-order valence-corrected chi connectivity index (χ1v) is 3.93. The normalized spacial score (nSPS) is 13.7. The number of rotatable bonds is 1. The van der Waals surface area contributed by atoms with Crippen molar-refractivity contribution < 1.29 is 13.2 Å². The topological polar surface area (TPSA) is 17.8 Å². The molecule has 1 aromatic heterocycles. The fourth-order valence-corrected chi connectivity index (χ4v) is 1.13. The van der Waals surface area contributed by atoms with E-state index in [0.29, 0.717) is 0 Å². The molecule has 0 saturated carbocycles. The molecule has 0 saturated heterocycles. The van der Waals surface area contributed by atoms with Crippen LogP contribution in [0.4, 0.5) is 13.2 Å². The summed E-state index contributed by atoms with van der Waals surface area (Å²) in [5, 5.41) is 3.35. The summed E-state index contributed by atoms with van der Waals surface area (Å²) in [6.07, 6.45) is 1.93. The SMILES string of the molecule is C#CC(C)c1cn(C)nc1C(F)(F)F. The molecule has 0 aliphatic heterocycles. The maximum atomic E-state index is 12.4. The third kappa shape index (κ3) is 1.90. The predicted octanol–water partition coefficient (Wildman–Crippen LogP) is 2.18. The third-order valence-corrected chi connectivity index (χ3v) is 1.84. The molecule has 0 fully saturated rings. The molecule has 0 amide bonds. The molecule has 0 N–H and O–H groups in total. The van der Waals surface area contributed by atoms with E-state index in [2.05, 4.69) is 11.0 Å². The van der Waals surface area contributed by atoms with Crippen molar-refractivity contribution in [3.05, 3.63) is 17.5 Å². The number of halogens is 3. The Labute approximate surface area is 79.7 Å². The van der Waals surface area contributed by atoms with Crippen molar-refractivity contribution in [3.63, 3.8) is 0 Å². The first kappa shape index (κ1) is 10.6. The van der Waals surface area contributed by atoms with Crippen LogP contribution in [-0.4, -0.2) is 9.78 Å². The van der Waals surface area contributed by atoms with Crippen LogP contribution in [0, 0.1) is 12.3 Å². The van der Waals surface area contributed by atoms with Gasteiger partial charge in [0.05, 0.1) is 0 Å². The quantitative estimate of drug-likeness (QED) is 0.638. The Bertz CT molecular complexity index is 370. The molecule has 0 spiro atoms. The number of hydrogen-bond donors (Lipinski definition) is 0. The summed E-state index contributed by atoms with van der Waals surface area (Å²) < 4.78 is 38.4. The Balaban J connectivity index is 3.24. The van der Waals surface area contributed by atoms with Gasteiger partial charge in [0.2, 0.25) is 0 Å². The molecule has 14 heavy (non-hydrogen) atoms. The maximum absolute atomic E-state index is 12.4. The van der Waals surface area contributed by atoms with Crippen molar-refractivity contribution in [1.82, 2.24) is 9.78 Å². The van der Waals surface area contributed by atoms with Crippen molar-refractivity contribution in [2.45, 2.75) is 19.0 Å². The zero-order valence-electron chi connectivity index (χ0n) is 7.76. The lowest BCUT2D eigenvalue weighted by Crippen LogP contribution is -2.10. The summed E-state index contributed by atoms with van der Waals surface area (Å²) in [5.74, 6) is 1.67. The number of alkyl halides is 3. The van der Waals surface area contributed by atoms with Crippen LogP contribution in [0.15, 0.2) is 6.20 Å². The number of hydrogen-bond acceptors (Lipinski definition) is 1. The van der Waals surface area contributed by atoms with Gasteiger partial charge in [-0.25, -0.2) is 0 Å². The van der Waals surface area contributed by atoms with Gasteiger partial charge in [0.25, 0.3) is 0 Å². The van der Waals surface area contributed by atoms with E-state index < -0.39 is 17.8 Å². The molecular formula is C9H9F3N2. The minimum Gasteiger partial charge on any atom is -0.275 e. The van der Waals surface area contributed by atoms with Gasteiger partial charge in [-0.05, 0) is 6.92 Å². The molecule has 0 aliphatic rings. The Morgan fingerprint density at radius 3 is 2.57 bits per heavy atom. The van der Waals surface area contributed by atoms with Gasteiger partial charge < -0.3 is 0 Å². The van der Waals surface area contributed by atoms with Gasteiger partial charge in [-0.2, -0.15) is 18.3 Å². The van der Waals surface area contributed by atoms with E-state index in [-0.39, 0.29) is 5.56 Å². The summed E-state index contributed by atoms with van der Waals surface area (Å²) in [6.45, 7) is 1.53. The van der Waals surface area contributed by atoms with E-state index in [4.69, 9.17) is 6.42 Å². The molecule has 5 heteroatoms. The molecule has 1 heterocycles. The van der Waals surface area contributed by atoms with E-state index in [0.717, 1.165) is 4.68 Å². The molecular weight excluding hydrogens is 193 g/mol. The highest BCUT2D eigenvalue weighted by atomic mass is 19.4. The molecule has 1 aromatic rings. The monoisotopic (exact) mass is 202 g/mol. The molecule has 0 radical (unpaired) electrons. The number of terminal acetylenes is 1. The van der Waals surface area contributed by atoms with Gasteiger partial charge in [-0.15, -0.1) is 6.42 Å². The van der Waals surface area contributed by atoms with Crippen molar-refractivity contribution in [2.75, 3.05) is 0 Å². The van der Waals surface area contributed by atoms with Crippen molar-refractivity contribution in [3.8, 4) is 12.3 Å². The standard InChI is InChI=1S/C9H9F3N2/c1-4-6(2)7-5-14(3)13-8(7)9(10,11)12/h1,5-6H,2-3H3. The lowest BCUT2D eigenvalue weighted by atomic mass is 10.0. The third-order valence-electron chi connectivity index (χ3n) is 1.84. The van der Waals surface area contributed by atoms with Gasteiger partial charge in [0.15, 0.2) is 5.69 Å². The van der Waals surface area contributed by atoms with Gasteiger partial charge >= 0.3 is 6.18 Å². The number of nitrogens with zero attached hydrogens (tertiary/aromatic N) is 2. The highest BCUT2D eigenvalue weighted by Gasteiger charge is 2.37. The average molecular weight is 202 g/mol. The number of aromatic nitrogens is 2.